The monoisotopic (exact) mass is 506 g/mol. The van der Waals surface area contributed by atoms with E-state index in [1.165, 1.54) is 0 Å². The Balaban J connectivity index is 1.71. The Kier molecular flexibility index (Phi) is 10.7. The van der Waals surface area contributed by atoms with Gasteiger partial charge in [0.25, 0.3) is 0 Å². The fourth-order valence-electron chi connectivity index (χ4n) is 5.01. The molecule has 0 amide bonds. The van der Waals surface area contributed by atoms with Crippen LogP contribution in [0.4, 0.5) is 0 Å². The van der Waals surface area contributed by atoms with Gasteiger partial charge in [0.1, 0.15) is 34.9 Å². The van der Waals surface area contributed by atoms with Gasteiger partial charge in [0, 0.05) is 12.8 Å². The van der Waals surface area contributed by atoms with Gasteiger partial charge in [-0.25, -0.2) is 9.59 Å². The van der Waals surface area contributed by atoms with E-state index in [9.17, 15) is 29.4 Å². The summed E-state index contributed by atoms with van der Waals surface area (Å²) < 4.78 is 10.8. The number of aliphatic hydroxyl groups excluding tert-OH is 2. The predicted molar refractivity (Wildman–Crippen MR) is 134 cm³/mol. The summed E-state index contributed by atoms with van der Waals surface area (Å²) in [6.45, 7) is 11.1. The molecule has 2 heterocycles. The molecule has 2 N–H and O–H groups in total. The summed E-state index contributed by atoms with van der Waals surface area (Å²) in [6, 6.07) is 0. The van der Waals surface area contributed by atoms with E-state index >= 15 is 0 Å². The quantitative estimate of drug-likeness (QED) is 0.196. The lowest BCUT2D eigenvalue weighted by Crippen LogP contribution is -2.39. The van der Waals surface area contributed by atoms with E-state index in [0.717, 1.165) is 25.7 Å². The minimum Gasteiger partial charge on any atom is -0.511 e. The van der Waals surface area contributed by atoms with Crippen molar-refractivity contribution >= 4 is 23.5 Å². The van der Waals surface area contributed by atoms with Crippen molar-refractivity contribution in [2.24, 2.45) is 23.7 Å². The summed E-state index contributed by atoms with van der Waals surface area (Å²) in [6.07, 6.45) is 3.89. The third-order valence-electron chi connectivity index (χ3n) is 7.18. The van der Waals surface area contributed by atoms with E-state index in [0.29, 0.717) is 12.8 Å². The van der Waals surface area contributed by atoms with Crippen molar-refractivity contribution in [3.63, 3.8) is 0 Å². The van der Waals surface area contributed by atoms with Crippen LogP contribution in [-0.2, 0) is 28.7 Å². The zero-order valence-corrected chi connectivity index (χ0v) is 22.5. The molecule has 0 aromatic heterocycles. The Morgan fingerprint density at radius 1 is 0.667 bits per heavy atom. The molecule has 0 saturated heterocycles. The predicted octanol–water partition coefficient (Wildman–Crippen LogP) is 5.30. The maximum atomic E-state index is 12.5. The maximum absolute atomic E-state index is 12.5. The summed E-state index contributed by atoms with van der Waals surface area (Å²) in [5, 5.41) is 20.8. The fourth-order valence-corrected chi connectivity index (χ4v) is 5.01. The summed E-state index contributed by atoms with van der Waals surface area (Å²) in [4.78, 5) is 49.5. The minimum absolute atomic E-state index is 0.0396. The molecule has 2 aliphatic heterocycles. The Hall–Kier alpha value is -2.64. The lowest BCUT2D eigenvalue weighted by atomic mass is 9.87. The van der Waals surface area contributed by atoms with Crippen LogP contribution >= 0.6 is 0 Å². The molecular weight excluding hydrogens is 464 g/mol. The summed E-state index contributed by atoms with van der Waals surface area (Å²) >= 11 is 0. The van der Waals surface area contributed by atoms with Crippen LogP contribution < -0.4 is 0 Å². The molecule has 202 valence electrons. The number of rotatable bonds is 13. The molecule has 0 radical (unpaired) electrons. The van der Waals surface area contributed by atoms with Gasteiger partial charge in [-0.15, -0.1) is 0 Å². The fraction of sp³-hybridized carbons (Fsp3) is 0.714. The van der Waals surface area contributed by atoms with Crippen LogP contribution in [0.2, 0.25) is 0 Å². The van der Waals surface area contributed by atoms with Gasteiger partial charge < -0.3 is 19.7 Å². The smallest absolute Gasteiger partial charge is 0.345 e. The molecule has 2 rings (SSSR count). The minimum atomic E-state index is -0.740. The lowest BCUT2D eigenvalue weighted by molar-refractivity contribution is -0.155. The Morgan fingerprint density at radius 3 is 1.28 bits per heavy atom. The zero-order valence-electron chi connectivity index (χ0n) is 22.5. The number of Topliss-reactive ketones (excluding diaryl/α,β-unsaturated/α-hetero) is 2. The molecule has 2 aliphatic rings. The molecule has 0 fully saturated rings. The second-order valence-electron chi connectivity index (χ2n) is 10.8. The van der Waals surface area contributed by atoms with Gasteiger partial charge >= 0.3 is 11.9 Å². The molecule has 8 nitrogen and oxygen atoms in total. The third kappa shape index (κ3) is 6.98. The number of cyclic esters (lactones) is 2. The highest BCUT2D eigenvalue weighted by molar-refractivity contribution is 6.18. The van der Waals surface area contributed by atoms with E-state index < -0.39 is 47.5 Å². The highest BCUT2D eigenvalue weighted by Crippen LogP contribution is 2.32. The third-order valence-corrected chi connectivity index (χ3v) is 7.18. The van der Waals surface area contributed by atoms with Crippen molar-refractivity contribution in [1.29, 1.82) is 0 Å². The van der Waals surface area contributed by atoms with Gasteiger partial charge in [-0.2, -0.15) is 0 Å². The van der Waals surface area contributed by atoms with Crippen LogP contribution in [0, 0.1) is 23.7 Å². The molecule has 4 atom stereocenters. The van der Waals surface area contributed by atoms with Gasteiger partial charge in [-0.1, -0.05) is 67.2 Å². The molecule has 0 aromatic rings. The molecule has 36 heavy (non-hydrogen) atoms. The van der Waals surface area contributed by atoms with Crippen molar-refractivity contribution < 1.29 is 38.9 Å². The zero-order chi connectivity index (χ0) is 27.2. The number of hydrogen-bond acceptors (Lipinski definition) is 8. The Bertz CT molecular complexity index is 837. The summed E-state index contributed by atoms with van der Waals surface area (Å²) in [7, 11) is 0. The SMILES string of the molecule is CC(C)[C@H]1OC(=O)C(C(=O)CCCCCCCCC(=O)C2=C(O)[C@H](C)[C@@H](C(C)C)OC2=O)=C(O)[C@@H]1C. The van der Waals surface area contributed by atoms with Gasteiger partial charge in [0.05, 0.1) is 11.8 Å². The van der Waals surface area contributed by atoms with Crippen molar-refractivity contribution in [1.82, 2.24) is 0 Å². The average Bonchev–Trinajstić information content (AvgIpc) is 2.80. The maximum Gasteiger partial charge on any atom is 0.345 e. The number of aliphatic hydroxyl groups is 2. The van der Waals surface area contributed by atoms with Crippen LogP contribution in [0.15, 0.2) is 22.7 Å². The largest absolute Gasteiger partial charge is 0.511 e. The molecule has 8 heteroatoms. The Morgan fingerprint density at radius 2 is 0.972 bits per heavy atom. The molecule has 0 saturated carbocycles. The van der Waals surface area contributed by atoms with Crippen molar-refractivity contribution in [3.8, 4) is 0 Å². The normalized spacial score (nSPS) is 24.9. The van der Waals surface area contributed by atoms with Crippen LogP contribution in [-0.4, -0.2) is 45.9 Å². The van der Waals surface area contributed by atoms with Gasteiger partial charge in [0.15, 0.2) is 11.6 Å². The van der Waals surface area contributed by atoms with Crippen molar-refractivity contribution in [3.05, 3.63) is 22.7 Å². The molecule has 0 bridgehead atoms. The summed E-state index contributed by atoms with van der Waals surface area (Å²) in [5.41, 5.74) is -0.434. The van der Waals surface area contributed by atoms with Gasteiger partial charge in [-0.05, 0) is 24.7 Å². The second kappa shape index (κ2) is 13.1. The topological polar surface area (TPSA) is 127 Å². The van der Waals surface area contributed by atoms with E-state index in [1.54, 1.807) is 13.8 Å². The number of unbranched alkanes of at least 4 members (excludes halogenated alkanes) is 5. The highest BCUT2D eigenvalue weighted by Gasteiger charge is 2.40. The van der Waals surface area contributed by atoms with Crippen LogP contribution in [0.1, 0.15) is 92.9 Å². The standard InChI is InChI=1S/C28H42O8/c1-15(2)25-17(5)23(31)21(27(33)35-25)19(29)13-11-9-7-8-10-12-14-20(30)22-24(32)18(6)26(16(3)4)36-28(22)34/h15-18,25-26,31-32H,7-14H2,1-6H3/t17-,18-,25+,26+/m0/s1. The van der Waals surface area contributed by atoms with E-state index in [-0.39, 0.29) is 47.3 Å². The molecular formula is C28H42O8. The number of ether oxygens (including phenoxy) is 2. The first-order chi connectivity index (χ1) is 16.9. The van der Waals surface area contributed by atoms with Gasteiger partial charge in [-0.3, -0.25) is 9.59 Å². The first-order valence-electron chi connectivity index (χ1n) is 13.2. The number of carbonyl (C=O) groups excluding carboxylic acids is 4. The number of esters is 2. The highest BCUT2D eigenvalue weighted by atomic mass is 16.6. The van der Waals surface area contributed by atoms with Gasteiger partial charge in [0.2, 0.25) is 0 Å². The van der Waals surface area contributed by atoms with E-state index in [2.05, 4.69) is 0 Å². The molecule has 0 aromatic carbocycles. The summed E-state index contributed by atoms with van der Waals surface area (Å²) in [5.74, 6) is -3.33. The Labute approximate surface area is 214 Å². The number of ketones is 2. The van der Waals surface area contributed by atoms with Crippen LogP contribution in [0.5, 0.6) is 0 Å². The first kappa shape index (κ1) is 29.6. The van der Waals surface area contributed by atoms with Crippen molar-refractivity contribution in [2.75, 3.05) is 0 Å². The molecule has 0 unspecified atom stereocenters. The van der Waals surface area contributed by atoms with E-state index in [1.807, 2.05) is 27.7 Å². The molecule has 0 aliphatic carbocycles. The van der Waals surface area contributed by atoms with Crippen LogP contribution in [0.25, 0.3) is 0 Å². The lowest BCUT2D eigenvalue weighted by Gasteiger charge is -2.32. The first-order valence-corrected chi connectivity index (χ1v) is 13.2. The number of hydrogen-bond donors (Lipinski definition) is 2. The second-order valence-corrected chi connectivity index (χ2v) is 10.8. The average molecular weight is 507 g/mol. The molecule has 0 spiro atoms. The van der Waals surface area contributed by atoms with Crippen molar-refractivity contribution in [2.45, 2.75) is 105 Å². The number of carbonyl (C=O) groups is 4. The van der Waals surface area contributed by atoms with Crippen LogP contribution in [0.3, 0.4) is 0 Å². The van der Waals surface area contributed by atoms with E-state index in [4.69, 9.17) is 9.47 Å².